The first-order valence-electron chi connectivity index (χ1n) is 4.76. The van der Waals surface area contributed by atoms with Gasteiger partial charge in [-0.3, -0.25) is 0 Å². The van der Waals surface area contributed by atoms with E-state index in [9.17, 15) is 13.2 Å². The number of aryl methyl sites for hydroxylation is 1. The molecule has 1 aromatic heterocycles. The van der Waals surface area contributed by atoms with E-state index in [2.05, 4.69) is 4.98 Å². The summed E-state index contributed by atoms with van der Waals surface area (Å²) in [7, 11) is 0. The van der Waals surface area contributed by atoms with Gasteiger partial charge in [-0.1, -0.05) is 0 Å². The summed E-state index contributed by atoms with van der Waals surface area (Å²) >= 11 is 0. The maximum atomic E-state index is 12.6. The monoisotopic (exact) mass is 216 g/mol. The Hall–Kier alpha value is -1.26. The molecule has 0 saturated heterocycles. The predicted octanol–water partition coefficient (Wildman–Crippen LogP) is 2.48. The molecule has 0 bridgehead atoms. The van der Waals surface area contributed by atoms with Crippen molar-refractivity contribution in [2.45, 2.75) is 32.4 Å². The zero-order chi connectivity index (χ0) is 11.2. The van der Waals surface area contributed by atoms with Crippen LogP contribution in [0.3, 0.4) is 0 Å². The van der Waals surface area contributed by atoms with Crippen LogP contribution in [0.25, 0.3) is 0 Å². The number of nitrogens with two attached hydrogens (primary N) is 1. The zero-order valence-corrected chi connectivity index (χ0v) is 8.28. The number of nitrogens with zero attached hydrogens (tertiary/aromatic N) is 1. The van der Waals surface area contributed by atoms with Gasteiger partial charge in [0.15, 0.2) is 0 Å². The fraction of sp³-hybridized carbons (Fsp3) is 0.500. The van der Waals surface area contributed by atoms with Gasteiger partial charge in [0, 0.05) is 16.9 Å². The van der Waals surface area contributed by atoms with Crippen molar-refractivity contribution in [3.8, 4) is 0 Å². The number of fused-ring (bicyclic) bond motifs is 1. The molecule has 5 heteroatoms. The van der Waals surface area contributed by atoms with E-state index in [1.807, 2.05) is 0 Å². The maximum absolute atomic E-state index is 12.6. The van der Waals surface area contributed by atoms with Crippen LogP contribution in [0.15, 0.2) is 0 Å². The van der Waals surface area contributed by atoms with Crippen LogP contribution in [-0.4, -0.2) is 4.98 Å². The highest BCUT2D eigenvalue weighted by Gasteiger charge is 2.37. The van der Waals surface area contributed by atoms with Crippen LogP contribution in [0.2, 0.25) is 0 Å². The first-order valence-corrected chi connectivity index (χ1v) is 4.76. The molecule has 1 heterocycles. The number of halogens is 3. The average Bonchev–Trinajstić information content (AvgIpc) is 2.57. The SMILES string of the molecule is Cc1c(C(F)(F)F)nc2c(c1N)CCC2. The van der Waals surface area contributed by atoms with Crippen LogP contribution in [-0.2, 0) is 19.0 Å². The molecule has 2 nitrogen and oxygen atoms in total. The van der Waals surface area contributed by atoms with Gasteiger partial charge in [0.2, 0.25) is 0 Å². The first-order chi connectivity index (χ1) is 6.91. The Labute approximate surface area is 85.3 Å². The summed E-state index contributed by atoms with van der Waals surface area (Å²) in [6.45, 7) is 1.38. The largest absolute Gasteiger partial charge is 0.433 e. The van der Waals surface area contributed by atoms with E-state index in [4.69, 9.17) is 5.73 Å². The van der Waals surface area contributed by atoms with Gasteiger partial charge in [0.1, 0.15) is 5.69 Å². The minimum absolute atomic E-state index is 0.0585. The van der Waals surface area contributed by atoms with Crippen molar-refractivity contribution in [1.29, 1.82) is 0 Å². The Morgan fingerprint density at radius 2 is 1.93 bits per heavy atom. The molecule has 0 unspecified atom stereocenters. The second-order valence-corrected chi connectivity index (χ2v) is 3.78. The lowest BCUT2D eigenvalue weighted by molar-refractivity contribution is -0.141. The Kier molecular flexibility index (Phi) is 2.13. The lowest BCUT2D eigenvalue weighted by Crippen LogP contribution is -2.14. The van der Waals surface area contributed by atoms with Gasteiger partial charge in [0.25, 0.3) is 0 Å². The molecule has 1 aromatic rings. The topological polar surface area (TPSA) is 38.9 Å². The van der Waals surface area contributed by atoms with Crippen molar-refractivity contribution in [3.63, 3.8) is 0 Å². The molecule has 0 amide bonds. The van der Waals surface area contributed by atoms with Crippen LogP contribution in [0, 0.1) is 6.92 Å². The Bertz CT molecular complexity index is 410. The van der Waals surface area contributed by atoms with Crippen molar-refractivity contribution >= 4 is 5.69 Å². The molecule has 2 rings (SSSR count). The van der Waals surface area contributed by atoms with Gasteiger partial charge < -0.3 is 5.73 Å². The minimum atomic E-state index is -4.41. The van der Waals surface area contributed by atoms with Gasteiger partial charge >= 0.3 is 6.18 Å². The van der Waals surface area contributed by atoms with E-state index in [0.717, 1.165) is 18.4 Å². The van der Waals surface area contributed by atoms with Gasteiger partial charge in [-0.05, 0) is 31.7 Å². The molecule has 2 N–H and O–H groups in total. The van der Waals surface area contributed by atoms with E-state index < -0.39 is 11.9 Å². The third kappa shape index (κ3) is 1.56. The van der Waals surface area contributed by atoms with Gasteiger partial charge in [-0.25, -0.2) is 4.98 Å². The number of hydrogen-bond acceptors (Lipinski definition) is 2. The minimum Gasteiger partial charge on any atom is -0.398 e. The third-order valence-electron chi connectivity index (χ3n) is 2.79. The summed E-state index contributed by atoms with van der Waals surface area (Å²) in [5, 5.41) is 0. The van der Waals surface area contributed by atoms with Crippen LogP contribution in [0.5, 0.6) is 0 Å². The fourth-order valence-electron chi connectivity index (χ4n) is 1.99. The van der Waals surface area contributed by atoms with Crippen molar-refractivity contribution < 1.29 is 13.2 Å². The zero-order valence-electron chi connectivity index (χ0n) is 8.28. The number of alkyl halides is 3. The quantitative estimate of drug-likeness (QED) is 0.723. The van der Waals surface area contributed by atoms with Gasteiger partial charge in [0.05, 0.1) is 0 Å². The lowest BCUT2D eigenvalue weighted by Gasteiger charge is -2.14. The van der Waals surface area contributed by atoms with Crippen molar-refractivity contribution in [2.24, 2.45) is 0 Å². The summed E-state index contributed by atoms with van der Waals surface area (Å²) in [5.74, 6) is 0. The van der Waals surface area contributed by atoms with Crippen LogP contribution >= 0.6 is 0 Å². The molecule has 0 aromatic carbocycles. The number of anilines is 1. The number of aromatic nitrogens is 1. The molecule has 0 radical (unpaired) electrons. The molecule has 0 fully saturated rings. The van der Waals surface area contributed by atoms with E-state index >= 15 is 0 Å². The third-order valence-corrected chi connectivity index (χ3v) is 2.79. The lowest BCUT2D eigenvalue weighted by atomic mass is 10.1. The Morgan fingerprint density at radius 1 is 1.27 bits per heavy atom. The molecule has 0 atom stereocenters. The van der Waals surface area contributed by atoms with Crippen LogP contribution in [0.4, 0.5) is 18.9 Å². The molecular weight excluding hydrogens is 205 g/mol. The van der Waals surface area contributed by atoms with E-state index in [1.165, 1.54) is 6.92 Å². The van der Waals surface area contributed by atoms with Crippen LogP contribution in [0.1, 0.15) is 28.9 Å². The van der Waals surface area contributed by atoms with E-state index in [0.29, 0.717) is 12.1 Å². The molecule has 0 spiro atoms. The molecule has 0 saturated carbocycles. The van der Waals surface area contributed by atoms with Crippen LogP contribution < -0.4 is 5.73 Å². The highest BCUT2D eigenvalue weighted by molar-refractivity contribution is 5.58. The van der Waals surface area contributed by atoms with Crippen molar-refractivity contribution in [3.05, 3.63) is 22.5 Å². The summed E-state index contributed by atoms with van der Waals surface area (Å²) in [5.41, 5.74) is 6.51. The molecule has 15 heavy (non-hydrogen) atoms. The molecule has 82 valence electrons. The average molecular weight is 216 g/mol. The number of rotatable bonds is 0. The van der Waals surface area contributed by atoms with Crippen molar-refractivity contribution in [1.82, 2.24) is 4.98 Å². The second kappa shape index (κ2) is 3.12. The number of nitrogen functional groups attached to an aromatic ring is 1. The Balaban J connectivity index is 2.64. The smallest absolute Gasteiger partial charge is 0.398 e. The summed E-state index contributed by atoms with van der Waals surface area (Å²) < 4.78 is 37.7. The predicted molar refractivity (Wildman–Crippen MR) is 50.4 cm³/mol. The summed E-state index contributed by atoms with van der Waals surface area (Å²) in [6, 6.07) is 0. The molecule has 0 aliphatic heterocycles. The number of pyridine rings is 1. The fourth-order valence-corrected chi connectivity index (χ4v) is 1.99. The normalized spacial score (nSPS) is 15.5. The summed E-state index contributed by atoms with van der Waals surface area (Å²) in [4.78, 5) is 3.68. The molecular formula is C10H11F3N2. The van der Waals surface area contributed by atoms with Gasteiger partial charge in [-0.15, -0.1) is 0 Å². The molecule has 1 aliphatic rings. The maximum Gasteiger partial charge on any atom is 0.433 e. The van der Waals surface area contributed by atoms with E-state index in [1.54, 1.807) is 0 Å². The molecule has 1 aliphatic carbocycles. The highest BCUT2D eigenvalue weighted by Crippen LogP contribution is 2.37. The number of hydrogen-bond donors (Lipinski definition) is 1. The van der Waals surface area contributed by atoms with Crippen molar-refractivity contribution in [2.75, 3.05) is 5.73 Å². The second-order valence-electron chi connectivity index (χ2n) is 3.78. The standard InChI is InChI=1S/C10H11F3N2/c1-5-8(14)6-3-2-4-7(6)15-9(5)10(11,12)13/h2-4H2,1H3,(H2,14,15). The van der Waals surface area contributed by atoms with Gasteiger partial charge in [-0.2, -0.15) is 13.2 Å². The highest BCUT2D eigenvalue weighted by atomic mass is 19.4. The van der Waals surface area contributed by atoms with E-state index in [-0.39, 0.29) is 11.3 Å². The summed E-state index contributed by atoms with van der Waals surface area (Å²) in [6.07, 6.45) is -2.22. The Morgan fingerprint density at radius 3 is 2.53 bits per heavy atom. The first kappa shape index (κ1) is 10.3.